The summed E-state index contributed by atoms with van der Waals surface area (Å²) in [5.41, 5.74) is 2.15. The Morgan fingerprint density at radius 3 is 2.81 bits per heavy atom. The highest BCUT2D eigenvalue weighted by molar-refractivity contribution is 5.69. The molecule has 2 atom stereocenters. The molecule has 6 nitrogen and oxygen atoms in total. The highest BCUT2D eigenvalue weighted by Gasteiger charge is 2.35. The molecule has 4 heterocycles. The Hall–Kier alpha value is -1.40. The number of aromatic nitrogens is 1. The van der Waals surface area contributed by atoms with Gasteiger partial charge in [-0.1, -0.05) is 5.16 Å². The lowest BCUT2D eigenvalue weighted by Crippen LogP contribution is -2.46. The monoisotopic (exact) mass is 293 g/mol. The quantitative estimate of drug-likeness (QED) is 0.901. The van der Waals surface area contributed by atoms with Crippen LogP contribution in [0.2, 0.25) is 0 Å². The van der Waals surface area contributed by atoms with Crippen LogP contribution in [0.4, 0.5) is 0 Å². The minimum Gasteiger partial charge on any atom is -0.480 e. The topological polar surface area (TPSA) is 69.8 Å². The van der Waals surface area contributed by atoms with Gasteiger partial charge in [-0.3, -0.25) is 14.6 Å². The van der Waals surface area contributed by atoms with E-state index in [2.05, 4.69) is 15.0 Å². The van der Waals surface area contributed by atoms with Gasteiger partial charge in [0.15, 0.2) is 0 Å². The van der Waals surface area contributed by atoms with Gasteiger partial charge < -0.3 is 9.63 Å². The number of carboxylic acids is 1. The van der Waals surface area contributed by atoms with Crippen molar-refractivity contribution in [2.45, 2.75) is 39.3 Å². The third-order valence-corrected chi connectivity index (χ3v) is 4.80. The Morgan fingerprint density at radius 1 is 1.33 bits per heavy atom. The van der Waals surface area contributed by atoms with E-state index in [1.807, 2.05) is 13.8 Å². The van der Waals surface area contributed by atoms with Crippen molar-refractivity contribution >= 4 is 5.97 Å². The summed E-state index contributed by atoms with van der Waals surface area (Å²) >= 11 is 0. The minimum absolute atomic E-state index is 0.167. The van der Waals surface area contributed by atoms with Crippen LogP contribution in [-0.4, -0.2) is 58.3 Å². The third-order valence-electron chi connectivity index (χ3n) is 4.80. The van der Waals surface area contributed by atoms with Gasteiger partial charge >= 0.3 is 5.97 Å². The highest BCUT2D eigenvalue weighted by atomic mass is 16.5. The summed E-state index contributed by atoms with van der Waals surface area (Å²) in [6.07, 6.45) is 2.31. The first kappa shape index (κ1) is 14.5. The smallest absolute Gasteiger partial charge is 0.317 e. The van der Waals surface area contributed by atoms with Crippen LogP contribution in [0.1, 0.15) is 29.9 Å². The predicted molar refractivity (Wildman–Crippen MR) is 77.0 cm³/mol. The van der Waals surface area contributed by atoms with Gasteiger partial charge in [-0.25, -0.2) is 0 Å². The van der Waals surface area contributed by atoms with Crippen molar-refractivity contribution in [3.63, 3.8) is 0 Å². The molecule has 1 aromatic heterocycles. The zero-order valence-corrected chi connectivity index (χ0v) is 12.7. The van der Waals surface area contributed by atoms with Gasteiger partial charge in [-0.15, -0.1) is 0 Å². The van der Waals surface area contributed by atoms with E-state index in [1.54, 1.807) is 0 Å². The zero-order valence-electron chi connectivity index (χ0n) is 12.7. The summed E-state index contributed by atoms with van der Waals surface area (Å²) in [5, 5.41) is 13.1. The second-order valence-electron chi connectivity index (χ2n) is 6.42. The number of carboxylic acid groups (broad SMARTS) is 1. The predicted octanol–water partition coefficient (Wildman–Crippen LogP) is 1.27. The van der Waals surface area contributed by atoms with Crippen LogP contribution >= 0.6 is 0 Å². The number of hydrogen-bond donors (Lipinski definition) is 1. The average molecular weight is 293 g/mol. The second kappa shape index (κ2) is 5.77. The normalized spacial score (nSPS) is 27.0. The molecule has 6 heteroatoms. The molecule has 0 aliphatic carbocycles. The second-order valence-corrected chi connectivity index (χ2v) is 6.42. The van der Waals surface area contributed by atoms with Crippen LogP contribution in [0.15, 0.2) is 4.52 Å². The summed E-state index contributed by atoms with van der Waals surface area (Å²) in [5.74, 6) is 0.745. The van der Waals surface area contributed by atoms with E-state index >= 15 is 0 Å². The van der Waals surface area contributed by atoms with Gasteiger partial charge in [0.2, 0.25) is 0 Å². The van der Waals surface area contributed by atoms with E-state index in [-0.39, 0.29) is 6.54 Å². The molecule has 4 rings (SSSR count). The average Bonchev–Trinajstić information content (AvgIpc) is 2.62. The first-order chi connectivity index (χ1) is 10.0. The first-order valence-corrected chi connectivity index (χ1v) is 7.63. The van der Waals surface area contributed by atoms with Crippen molar-refractivity contribution in [3.05, 3.63) is 17.0 Å². The molecule has 0 radical (unpaired) electrons. The molecule has 0 aromatic carbocycles. The standard InChI is InChI=1S/C15H23N3O3/c1-10-14(11(2)21-16-10)8-17-5-12-3-4-13(7-17)18(6-12)9-15(19)20/h12-13H,3-9H2,1-2H3,(H,19,20)/t12-,13+/m0/s1. The van der Waals surface area contributed by atoms with Crippen molar-refractivity contribution in [2.75, 3.05) is 26.2 Å². The molecule has 116 valence electrons. The minimum atomic E-state index is -0.722. The Bertz CT molecular complexity index is 509. The lowest BCUT2D eigenvalue weighted by atomic mass is 9.95. The largest absolute Gasteiger partial charge is 0.480 e. The van der Waals surface area contributed by atoms with Crippen LogP contribution < -0.4 is 0 Å². The fourth-order valence-electron chi connectivity index (χ4n) is 3.72. The number of hydrogen-bond acceptors (Lipinski definition) is 5. The summed E-state index contributed by atoms with van der Waals surface area (Å²) in [6, 6.07) is 0.361. The van der Waals surface area contributed by atoms with E-state index in [4.69, 9.17) is 9.63 Å². The van der Waals surface area contributed by atoms with E-state index in [0.29, 0.717) is 12.0 Å². The van der Waals surface area contributed by atoms with Gasteiger partial charge in [0.05, 0.1) is 12.2 Å². The maximum Gasteiger partial charge on any atom is 0.317 e. The van der Waals surface area contributed by atoms with Crippen molar-refractivity contribution in [3.8, 4) is 0 Å². The van der Waals surface area contributed by atoms with Gasteiger partial charge in [-0.2, -0.15) is 0 Å². The number of aryl methyl sites for hydroxylation is 2. The first-order valence-electron chi connectivity index (χ1n) is 7.63. The molecule has 0 spiro atoms. The number of piperidine rings is 1. The Labute approximate surface area is 124 Å². The summed E-state index contributed by atoms with van der Waals surface area (Å²) < 4.78 is 5.25. The van der Waals surface area contributed by atoms with Crippen molar-refractivity contribution in [1.82, 2.24) is 15.0 Å². The van der Waals surface area contributed by atoms with Crippen LogP contribution in [0.5, 0.6) is 0 Å². The van der Waals surface area contributed by atoms with Gasteiger partial charge in [0, 0.05) is 37.8 Å². The van der Waals surface area contributed by atoms with Crippen molar-refractivity contribution in [2.24, 2.45) is 5.92 Å². The lowest BCUT2D eigenvalue weighted by molar-refractivity contribution is -0.139. The van der Waals surface area contributed by atoms with Crippen LogP contribution in [0.25, 0.3) is 0 Å². The molecule has 2 bridgehead atoms. The molecular formula is C15H23N3O3. The van der Waals surface area contributed by atoms with E-state index in [1.165, 1.54) is 12.0 Å². The number of fused-ring (bicyclic) bond motifs is 4. The van der Waals surface area contributed by atoms with Crippen LogP contribution in [-0.2, 0) is 11.3 Å². The van der Waals surface area contributed by atoms with Crippen LogP contribution in [0.3, 0.4) is 0 Å². The summed E-state index contributed by atoms with van der Waals surface area (Å²) in [7, 11) is 0. The molecule has 3 fully saturated rings. The maximum absolute atomic E-state index is 11.0. The molecule has 0 saturated carbocycles. The molecule has 0 unspecified atom stereocenters. The van der Waals surface area contributed by atoms with E-state index in [0.717, 1.165) is 44.1 Å². The van der Waals surface area contributed by atoms with Gasteiger partial charge in [0.25, 0.3) is 0 Å². The number of nitrogens with zero attached hydrogens (tertiary/aromatic N) is 3. The molecule has 0 amide bonds. The molecule has 3 saturated heterocycles. The SMILES string of the molecule is Cc1noc(C)c1CN1C[C@@H]2CC[C@H](C1)N(CC(=O)O)C2. The van der Waals surface area contributed by atoms with Gasteiger partial charge in [-0.05, 0) is 32.6 Å². The Kier molecular flexibility index (Phi) is 3.99. The molecule has 21 heavy (non-hydrogen) atoms. The Balaban J connectivity index is 1.71. The van der Waals surface area contributed by atoms with Crippen molar-refractivity contribution in [1.29, 1.82) is 0 Å². The third kappa shape index (κ3) is 3.11. The maximum atomic E-state index is 11.0. The molecule has 3 aliphatic rings. The number of aliphatic carboxylic acids is 1. The molecule has 3 aliphatic heterocycles. The number of rotatable bonds is 4. The van der Waals surface area contributed by atoms with Crippen molar-refractivity contribution < 1.29 is 14.4 Å². The molecule has 1 N–H and O–H groups in total. The van der Waals surface area contributed by atoms with E-state index < -0.39 is 5.97 Å². The summed E-state index contributed by atoms with van der Waals surface area (Å²) in [6.45, 7) is 7.85. The Morgan fingerprint density at radius 2 is 2.14 bits per heavy atom. The van der Waals surface area contributed by atoms with Gasteiger partial charge in [0.1, 0.15) is 5.76 Å². The molecular weight excluding hydrogens is 270 g/mol. The highest BCUT2D eigenvalue weighted by Crippen LogP contribution is 2.29. The molecule has 1 aromatic rings. The number of carbonyl (C=O) groups is 1. The zero-order chi connectivity index (χ0) is 15.0. The van der Waals surface area contributed by atoms with Crippen LogP contribution in [0, 0.1) is 19.8 Å². The summed E-state index contributed by atoms with van der Waals surface area (Å²) in [4.78, 5) is 15.6. The van der Waals surface area contributed by atoms with E-state index in [9.17, 15) is 4.79 Å². The fourth-order valence-corrected chi connectivity index (χ4v) is 3.72. The lowest BCUT2D eigenvalue weighted by Gasteiger charge is -2.34. The fraction of sp³-hybridized carbons (Fsp3) is 0.733.